The average molecular weight is 311 g/mol. The van der Waals surface area contributed by atoms with Gasteiger partial charge in [-0.1, -0.05) is 12.8 Å². The van der Waals surface area contributed by atoms with E-state index in [9.17, 15) is 5.11 Å². The first-order valence-corrected chi connectivity index (χ1v) is 7.56. The van der Waals surface area contributed by atoms with Gasteiger partial charge in [0, 0.05) is 29.7 Å². The lowest BCUT2D eigenvalue weighted by molar-refractivity contribution is -0.0613. The molecule has 2 aliphatic rings. The first-order chi connectivity index (χ1) is 8.67. The van der Waals surface area contributed by atoms with Crippen molar-refractivity contribution < 1.29 is 5.11 Å². The number of anilines is 1. The normalized spacial score (nSPS) is 32.1. The number of rotatable bonds is 1. The summed E-state index contributed by atoms with van der Waals surface area (Å²) in [4.78, 5) is 6.78. The summed E-state index contributed by atoms with van der Waals surface area (Å²) in [5.41, 5.74) is -0.399. The molecule has 3 nitrogen and oxygen atoms in total. The molecule has 0 radical (unpaired) electrons. The summed E-state index contributed by atoms with van der Waals surface area (Å²) in [6, 6.07) is 4.08. The topological polar surface area (TPSA) is 36.4 Å². The standard InChI is InChI=1S/C14H19BrN2O/c15-12-4-5-13(16-9-12)17-8-7-14(18)6-2-1-3-11(14)10-17/h4-5,9,11,18H,1-3,6-8,10H2. The molecule has 1 aromatic heterocycles. The van der Waals surface area contributed by atoms with Crippen LogP contribution in [0.2, 0.25) is 0 Å². The molecule has 1 saturated heterocycles. The molecular weight excluding hydrogens is 292 g/mol. The molecule has 4 heteroatoms. The molecule has 2 unspecified atom stereocenters. The number of hydrogen-bond donors (Lipinski definition) is 1. The average Bonchev–Trinajstić information content (AvgIpc) is 2.39. The van der Waals surface area contributed by atoms with E-state index in [4.69, 9.17) is 0 Å². The Labute approximate surface area is 116 Å². The molecule has 18 heavy (non-hydrogen) atoms. The van der Waals surface area contributed by atoms with Crippen LogP contribution in [0.3, 0.4) is 0 Å². The van der Waals surface area contributed by atoms with E-state index in [1.54, 1.807) is 0 Å². The predicted octanol–water partition coefficient (Wildman–Crippen LogP) is 2.98. The van der Waals surface area contributed by atoms with Gasteiger partial charge in [-0.3, -0.25) is 0 Å². The second-order valence-corrected chi connectivity index (χ2v) is 6.49. The number of piperidine rings is 1. The Hall–Kier alpha value is -0.610. The van der Waals surface area contributed by atoms with Gasteiger partial charge in [0.05, 0.1) is 5.60 Å². The maximum Gasteiger partial charge on any atom is 0.128 e. The van der Waals surface area contributed by atoms with Crippen molar-refractivity contribution in [1.29, 1.82) is 0 Å². The molecule has 0 amide bonds. The van der Waals surface area contributed by atoms with Crippen molar-refractivity contribution in [3.05, 3.63) is 22.8 Å². The van der Waals surface area contributed by atoms with E-state index in [0.29, 0.717) is 5.92 Å². The Kier molecular flexibility index (Phi) is 3.32. The molecule has 0 aromatic carbocycles. The second-order valence-electron chi connectivity index (χ2n) is 5.58. The third-order valence-electron chi connectivity index (χ3n) is 4.46. The zero-order chi connectivity index (χ0) is 12.6. The Bertz CT molecular complexity index is 422. The van der Waals surface area contributed by atoms with E-state index in [1.807, 2.05) is 12.3 Å². The number of nitrogens with zero attached hydrogens (tertiary/aromatic N) is 2. The highest BCUT2D eigenvalue weighted by atomic mass is 79.9. The minimum absolute atomic E-state index is 0.399. The SMILES string of the molecule is OC12CCCCC1CN(c1ccc(Br)cn1)CC2. The third-order valence-corrected chi connectivity index (χ3v) is 4.93. The Morgan fingerprint density at radius 3 is 3.00 bits per heavy atom. The number of pyridine rings is 1. The van der Waals surface area contributed by atoms with Gasteiger partial charge in [-0.15, -0.1) is 0 Å². The van der Waals surface area contributed by atoms with Crippen molar-refractivity contribution >= 4 is 21.7 Å². The van der Waals surface area contributed by atoms with Gasteiger partial charge in [0.15, 0.2) is 0 Å². The van der Waals surface area contributed by atoms with E-state index >= 15 is 0 Å². The van der Waals surface area contributed by atoms with Crippen molar-refractivity contribution in [2.24, 2.45) is 5.92 Å². The fraction of sp³-hybridized carbons (Fsp3) is 0.643. The van der Waals surface area contributed by atoms with Crippen LogP contribution < -0.4 is 4.90 Å². The molecule has 98 valence electrons. The number of hydrogen-bond acceptors (Lipinski definition) is 3. The summed E-state index contributed by atoms with van der Waals surface area (Å²) >= 11 is 3.41. The van der Waals surface area contributed by atoms with Gasteiger partial charge >= 0.3 is 0 Å². The molecule has 1 aromatic rings. The summed E-state index contributed by atoms with van der Waals surface area (Å²) in [5.74, 6) is 1.45. The lowest BCUT2D eigenvalue weighted by atomic mass is 9.71. The first-order valence-electron chi connectivity index (χ1n) is 6.76. The van der Waals surface area contributed by atoms with Crippen LogP contribution in [-0.2, 0) is 0 Å². The van der Waals surface area contributed by atoms with Crippen LogP contribution in [0, 0.1) is 5.92 Å². The number of fused-ring (bicyclic) bond motifs is 1. The van der Waals surface area contributed by atoms with Gasteiger partial charge in [-0.25, -0.2) is 4.98 Å². The molecule has 2 fully saturated rings. The maximum absolute atomic E-state index is 10.6. The highest BCUT2D eigenvalue weighted by Crippen LogP contribution is 2.40. The minimum Gasteiger partial charge on any atom is -0.389 e. The Balaban J connectivity index is 1.75. The largest absolute Gasteiger partial charge is 0.389 e. The van der Waals surface area contributed by atoms with E-state index < -0.39 is 5.60 Å². The van der Waals surface area contributed by atoms with Crippen molar-refractivity contribution in [2.45, 2.75) is 37.7 Å². The zero-order valence-electron chi connectivity index (χ0n) is 10.5. The Morgan fingerprint density at radius 1 is 1.33 bits per heavy atom. The molecule has 0 spiro atoms. The number of aliphatic hydroxyl groups is 1. The smallest absolute Gasteiger partial charge is 0.128 e. The van der Waals surface area contributed by atoms with Gasteiger partial charge in [0.2, 0.25) is 0 Å². The molecule has 0 bridgehead atoms. The predicted molar refractivity (Wildman–Crippen MR) is 75.7 cm³/mol. The van der Waals surface area contributed by atoms with Crippen molar-refractivity contribution in [1.82, 2.24) is 4.98 Å². The van der Waals surface area contributed by atoms with Crippen LogP contribution in [0.5, 0.6) is 0 Å². The van der Waals surface area contributed by atoms with E-state index in [1.165, 1.54) is 12.8 Å². The monoisotopic (exact) mass is 310 g/mol. The quantitative estimate of drug-likeness (QED) is 0.866. The molecule has 1 N–H and O–H groups in total. The summed E-state index contributed by atoms with van der Waals surface area (Å²) in [6.07, 6.45) is 7.31. The van der Waals surface area contributed by atoms with Crippen molar-refractivity contribution in [3.63, 3.8) is 0 Å². The Morgan fingerprint density at radius 2 is 2.22 bits per heavy atom. The molecule has 1 aliphatic heterocycles. The second kappa shape index (κ2) is 4.82. The zero-order valence-corrected chi connectivity index (χ0v) is 12.1. The molecular formula is C14H19BrN2O. The van der Waals surface area contributed by atoms with E-state index in [2.05, 4.69) is 31.9 Å². The number of halogens is 1. The van der Waals surface area contributed by atoms with Gasteiger partial charge in [0.25, 0.3) is 0 Å². The first kappa shape index (κ1) is 12.4. The molecule has 2 heterocycles. The van der Waals surface area contributed by atoms with Crippen LogP contribution in [0.1, 0.15) is 32.1 Å². The van der Waals surface area contributed by atoms with Crippen LogP contribution in [0.25, 0.3) is 0 Å². The van der Waals surface area contributed by atoms with Crippen LogP contribution in [0.15, 0.2) is 22.8 Å². The lowest BCUT2D eigenvalue weighted by Crippen LogP contribution is -2.53. The summed E-state index contributed by atoms with van der Waals surface area (Å²) < 4.78 is 1.01. The van der Waals surface area contributed by atoms with E-state index in [-0.39, 0.29) is 0 Å². The van der Waals surface area contributed by atoms with Crippen LogP contribution in [0.4, 0.5) is 5.82 Å². The van der Waals surface area contributed by atoms with Gasteiger partial charge in [-0.05, 0) is 47.3 Å². The lowest BCUT2D eigenvalue weighted by Gasteiger charge is -2.47. The molecule has 2 atom stereocenters. The van der Waals surface area contributed by atoms with Crippen molar-refractivity contribution in [3.8, 4) is 0 Å². The highest BCUT2D eigenvalue weighted by molar-refractivity contribution is 9.10. The molecule has 3 rings (SSSR count). The van der Waals surface area contributed by atoms with Gasteiger partial charge in [0.1, 0.15) is 5.82 Å². The fourth-order valence-electron chi connectivity index (χ4n) is 3.33. The van der Waals surface area contributed by atoms with Gasteiger partial charge < -0.3 is 10.0 Å². The maximum atomic E-state index is 10.6. The van der Waals surface area contributed by atoms with E-state index in [0.717, 1.165) is 42.6 Å². The third kappa shape index (κ3) is 2.28. The number of aromatic nitrogens is 1. The minimum atomic E-state index is -0.399. The van der Waals surface area contributed by atoms with Gasteiger partial charge in [-0.2, -0.15) is 0 Å². The van der Waals surface area contributed by atoms with Crippen molar-refractivity contribution in [2.75, 3.05) is 18.0 Å². The summed E-state index contributed by atoms with van der Waals surface area (Å²) in [7, 11) is 0. The molecule has 1 aliphatic carbocycles. The highest BCUT2D eigenvalue weighted by Gasteiger charge is 2.42. The molecule has 1 saturated carbocycles. The summed E-state index contributed by atoms with van der Waals surface area (Å²) in [6.45, 7) is 1.87. The summed E-state index contributed by atoms with van der Waals surface area (Å²) in [5, 5.41) is 10.6. The fourth-order valence-corrected chi connectivity index (χ4v) is 3.57. The van der Waals surface area contributed by atoms with Crippen LogP contribution in [-0.4, -0.2) is 28.8 Å². The van der Waals surface area contributed by atoms with Crippen LogP contribution >= 0.6 is 15.9 Å².